The highest BCUT2D eigenvalue weighted by Gasteiger charge is 2.00. The van der Waals surface area contributed by atoms with Gasteiger partial charge in [-0.25, -0.2) is 0 Å². The summed E-state index contributed by atoms with van der Waals surface area (Å²) < 4.78 is 0. The first-order chi connectivity index (χ1) is 7.85. The average molecular weight is 228 g/mol. The molecular weight excluding hydrogens is 200 g/mol. The zero-order chi connectivity index (χ0) is 12.1. The van der Waals surface area contributed by atoms with Crippen molar-refractivity contribution < 1.29 is 5.11 Å². The third-order valence-electron chi connectivity index (χ3n) is 2.56. The maximum atomic E-state index is 8.88. The Morgan fingerprint density at radius 3 is 2.62 bits per heavy atom. The molecule has 0 fully saturated rings. The quantitative estimate of drug-likeness (QED) is 0.394. The Morgan fingerprint density at radius 2 is 2.00 bits per heavy atom. The molecule has 0 saturated heterocycles. The Morgan fingerprint density at radius 1 is 1.19 bits per heavy atom. The van der Waals surface area contributed by atoms with E-state index in [-0.39, 0.29) is 6.61 Å². The van der Waals surface area contributed by atoms with Crippen molar-refractivity contribution in [2.24, 2.45) is 0 Å². The van der Waals surface area contributed by atoms with Crippen LogP contribution >= 0.6 is 0 Å². The number of hydrogen-bond donors (Lipinski definition) is 2. The lowest BCUT2D eigenvalue weighted by Gasteiger charge is -2.19. The first kappa shape index (κ1) is 15.6. The van der Waals surface area contributed by atoms with Gasteiger partial charge in [-0.3, -0.25) is 4.90 Å². The van der Waals surface area contributed by atoms with Crippen LogP contribution in [0.5, 0.6) is 0 Å². The number of nitrogens with one attached hydrogen (secondary N) is 1. The highest BCUT2D eigenvalue weighted by atomic mass is 16.3. The minimum Gasteiger partial charge on any atom is -0.395 e. The molecule has 3 heteroatoms. The smallest absolute Gasteiger partial charge is 0.0558 e. The summed E-state index contributed by atoms with van der Waals surface area (Å²) in [6.07, 6.45) is 6.83. The summed E-state index contributed by atoms with van der Waals surface area (Å²) >= 11 is 0. The summed E-state index contributed by atoms with van der Waals surface area (Å²) in [7, 11) is 0. The molecule has 0 aromatic rings. The van der Waals surface area contributed by atoms with Gasteiger partial charge < -0.3 is 10.4 Å². The highest BCUT2D eigenvalue weighted by molar-refractivity contribution is 4.73. The Balaban J connectivity index is 3.29. The van der Waals surface area contributed by atoms with Gasteiger partial charge in [-0.05, 0) is 38.9 Å². The van der Waals surface area contributed by atoms with Crippen LogP contribution in [0.25, 0.3) is 0 Å². The predicted molar refractivity (Wildman–Crippen MR) is 70.7 cm³/mol. The van der Waals surface area contributed by atoms with Crippen LogP contribution < -0.4 is 5.32 Å². The lowest BCUT2D eigenvalue weighted by atomic mass is 10.2. The second-order valence-corrected chi connectivity index (χ2v) is 4.12. The fraction of sp³-hybridized carbons (Fsp3) is 0.846. The van der Waals surface area contributed by atoms with E-state index in [0.717, 1.165) is 32.7 Å². The van der Waals surface area contributed by atoms with Gasteiger partial charge in [0.05, 0.1) is 6.61 Å². The molecule has 0 aliphatic carbocycles. The molecule has 0 bridgehead atoms. The van der Waals surface area contributed by atoms with Crippen LogP contribution in [0.4, 0.5) is 0 Å². The van der Waals surface area contributed by atoms with Crippen molar-refractivity contribution in [3.05, 3.63) is 12.7 Å². The monoisotopic (exact) mass is 228 g/mol. The summed E-state index contributed by atoms with van der Waals surface area (Å²) in [5.41, 5.74) is 0. The van der Waals surface area contributed by atoms with Gasteiger partial charge in [-0.1, -0.05) is 19.4 Å². The fourth-order valence-corrected chi connectivity index (χ4v) is 1.68. The molecule has 0 rings (SSSR count). The largest absolute Gasteiger partial charge is 0.395 e. The summed E-state index contributed by atoms with van der Waals surface area (Å²) in [6.45, 7) is 11.1. The average Bonchev–Trinajstić information content (AvgIpc) is 2.28. The molecule has 0 saturated carbocycles. The predicted octanol–water partition coefficient (Wildman–Crippen LogP) is 1.64. The van der Waals surface area contributed by atoms with E-state index in [1.165, 1.54) is 25.7 Å². The van der Waals surface area contributed by atoms with Gasteiger partial charge in [0.1, 0.15) is 0 Å². The summed E-state index contributed by atoms with van der Waals surface area (Å²) in [6, 6.07) is 0. The number of hydrogen-bond acceptors (Lipinski definition) is 3. The molecule has 0 spiro atoms. The molecule has 0 aliphatic heterocycles. The molecule has 3 nitrogen and oxygen atoms in total. The van der Waals surface area contributed by atoms with Crippen molar-refractivity contribution in [2.45, 2.75) is 32.6 Å². The zero-order valence-corrected chi connectivity index (χ0v) is 10.7. The van der Waals surface area contributed by atoms with E-state index < -0.39 is 0 Å². The van der Waals surface area contributed by atoms with Crippen LogP contribution in [0.3, 0.4) is 0 Å². The van der Waals surface area contributed by atoms with Crippen LogP contribution in [-0.2, 0) is 0 Å². The molecule has 0 heterocycles. The summed E-state index contributed by atoms with van der Waals surface area (Å²) in [5, 5.41) is 12.3. The summed E-state index contributed by atoms with van der Waals surface area (Å²) in [5.74, 6) is 0. The van der Waals surface area contributed by atoms with Gasteiger partial charge in [0.2, 0.25) is 0 Å². The van der Waals surface area contributed by atoms with Crippen molar-refractivity contribution in [3.63, 3.8) is 0 Å². The molecule has 0 aromatic carbocycles. The van der Waals surface area contributed by atoms with Crippen molar-refractivity contribution in [1.29, 1.82) is 0 Å². The molecule has 2 N–H and O–H groups in total. The first-order valence-corrected chi connectivity index (χ1v) is 6.50. The second-order valence-electron chi connectivity index (χ2n) is 4.12. The molecule has 0 aromatic heterocycles. The third-order valence-corrected chi connectivity index (χ3v) is 2.56. The Bertz CT molecular complexity index is 151. The number of aliphatic hydroxyl groups excluding tert-OH is 1. The molecule has 0 aliphatic rings. The topological polar surface area (TPSA) is 35.5 Å². The van der Waals surface area contributed by atoms with Gasteiger partial charge in [0, 0.05) is 13.1 Å². The van der Waals surface area contributed by atoms with Crippen LogP contribution in [0, 0.1) is 0 Å². The lowest BCUT2D eigenvalue weighted by molar-refractivity contribution is 0.206. The highest BCUT2D eigenvalue weighted by Crippen LogP contribution is 1.98. The number of rotatable bonds is 12. The maximum Gasteiger partial charge on any atom is 0.0558 e. The van der Waals surface area contributed by atoms with Crippen LogP contribution in [0.15, 0.2) is 12.7 Å². The lowest BCUT2D eigenvalue weighted by Crippen LogP contribution is -2.28. The first-order valence-electron chi connectivity index (χ1n) is 6.50. The van der Waals surface area contributed by atoms with Gasteiger partial charge in [-0.2, -0.15) is 0 Å². The maximum absolute atomic E-state index is 8.88. The molecule has 0 atom stereocenters. The Hall–Kier alpha value is -0.380. The Labute approximate surface area is 101 Å². The Kier molecular flexibility index (Phi) is 12.4. The number of nitrogens with zero attached hydrogens (tertiary/aromatic N) is 1. The van der Waals surface area contributed by atoms with E-state index >= 15 is 0 Å². The second kappa shape index (κ2) is 12.7. The van der Waals surface area contributed by atoms with E-state index in [4.69, 9.17) is 5.11 Å². The van der Waals surface area contributed by atoms with Crippen molar-refractivity contribution >= 4 is 0 Å². The molecule has 0 amide bonds. The van der Waals surface area contributed by atoms with E-state index in [0.29, 0.717) is 0 Å². The van der Waals surface area contributed by atoms with E-state index in [9.17, 15) is 0 Å². The molecule has 0 unspecified atom stereocenters. The standard InChI is InChI=1S/C13H28N2O/c1-3-8-14-9-6-5-7-11-15(10-4-2)12-13-16/h4,14,16H,2-3,5-13H2,1H3. The summed E-state index contributed by atoms with van der Waals surface area (Å²) in [4.78, 5) is 2.24. The molecule has 96 valence electrons. The van der Waals surface area contributed by atoms with Crippen molar-refractivity contribution in [3.8, 4) is 0 Å². The molecule has 0 radical (unpaired) electrons. The van der Waals surface area contributed by atoms with E-state index in [1.54, 1.807) is 0 Å². The fourth-order valence-electron chi connectivity index (χ4n) is 1.68. The number of unbranched alkanes of at least 4 members (excludes halogenated alkanes) is 2. The SMILES string of the molecule is C=CCN(CCO)CCCCCNCCC. The van der Waals surface area contributed by atoms with Gasteiger partial charge in [0.25, 0.3) is 0 Å². The van der Waals surface area contributed by atoms with E-state index in [2.05, 4.69) is 23.7 Å². The number of aliphatic hydroxyl groups is 1. The molecular formula is C13H28N2O. The van der Waals surface area contributed by atoms with Gasteiger partial charge in [0.15, 0.2) is 0 Å². The van der Waals surface area contributed by atoms with E-state index in [1.807, 2.05) is 6.08 Å². The van der Waals surface area contributed by atoms with Crippen LogP contribution in [0.2, 0.25) is 0 Å². The normalized spacial score (nSPS) is 10.9. The van der Waals surface area contributed by atoms with Crippen LogP contribution in [0.1, 0.15) is 32.6 Å². The minimum absolute atomic E-state index is 0.242. The third kappa shape index (κ3) is 10.1. The van der Waals surface area contributed by atoms with Gasteiger partial charge in [-0.15, -0.1) is 6.58 Å². The van der Waals surface area contributed by atoms with Gasteiger partial charge >= 0.3 is 0 Å². The zero-order valence-electron chi connectivity index (χ0n) is 10.7. The van der Waals surface area contributed by atoms with Crippen molar-refractivity contribution in [1.82, 2.24) is 10.2 Å². The van der Waals surface area contributed by atoms with Crippen LogP contribution in [-0.4, -0.2) is 49.3 Å². The molecule has 16 heavy (non-hydrogen) atoms. The minimum atomic E-state index is 0.242. The van der Waals surface area contributed by atoms with Crippen molar-refractivity contribution in [2.75, 3.05) is 39.3 Å².